The first kappa shape index (κ1) is 14.6. The molecule has 2 aliphatic heterocycles. The highest BCUT2D eigenvalue weighted by atomic mass is 79.9. The maximum absolute atomic E-state index is 12.2. The van der Waals surface area contributed by atoms with Crippen LogP contribution < -0.4 is 0 Å². The number of carbonyl (C=O) groups excluding carboxylic acids is 2. The zero-order chi connectivity index (χ0) is 15.0. The van der Waals surface area contributed by atoms with Crippen molar-refractivity contribution in [2.75, 3.05) is 7.11 Å². The van der Waals surface area contributed by atoms with Crippen molar-refractivity contribution in [2.45, 2.75) is 16.5 Å². The summed E-state index contributed by atoms with van der Waals surface area (Å²) in [5.41, 5.74) is 1.01. The topological polar surface area (TPSA) is 55.8 Å². The average Bonchev–Trinajstić information content (AvgIpc) is 2.94. The number of nitrogens with zero attached hydrogens (tertiary/aromatic N) is 1. The Hall–Kier alpha value is -1.31. The second kappa shape index (κ2) is 5.82. The molecule has 2 heterocycles. The summed E-state index contributed by atoms with van der Waals surface area (Å²) >= 11 is 4.71. The van der Waals surface area contributed by atoms with Crippen molar-refractivity contribution in [3.8, 4) is 0 Å². The van der Waals surface area contributed by atoms with Crippen molar-refractivity contribution in [3.05, 3.63) is 47.0 Å². The Bertz CT molecular complexity index is 606. The third-order valence-corrected chi connectivity index (χ3v) is 5.63. The first-order valence-corrected chi connectivity index (χ1v) is 8.11. The number of halogens is 1. The number of ether oxygens (including phenoxy) is 2. The molecule has 3 rings (SSSR count). The molecule has 5 nitrogen and oxygen atoms in total. The highest BCUT2D eigenvalue weighted by Crippen LogP contribution is 2.44. The second-order valence-corrected chi connectivity index (χ2v) is 6.50. The van der Waals surface area contributed by atoms with Gasteiger partial charge in [-0.15, -0.1) is 11.8 Å². The van der Waals surface area contributed by atoms with E-state index in [1.165, 1.54) is 23.8 Å². The van der Waals surface area contributed by atoms with E-state index in [2.05, 4.69) is 15.9 Å². The van der Waals surface area contributed by atoms with Gasteiger partial charge in [0.2, 0.25) is 12.2 Å². The smallest absolute Gasteiger partial charge is 0.358 e. The molecule has 1 saturated heterocycles. The Balaban J connectivity index is 1.71. The van der Waals surface area contributed by atoms with Crippen LogP contribution in [0.1, 0.15) is 11.9 Å². The largest absolute Gasteiger partial charge is 0.427 e. The number of fused-ring (bicyclic) bond motifs is 1. The van der Waals surface area contributed by atoms with E-state index in [1.54, 1.807) is 5.41 Å². The maximum atomic E-state index is 12.2. The highest BCUT2D eigenvalue weighted by Gasteiger charge is 2.52. The van der Waals surface area contributed by atoms with Crippen LogP contribution in [-0.4, -0.2) is 34.1 Å². The van der Waals surface area contributed by atoms with E-state index in [0.29, 0.717) is 0 Å². The van der Waals surface area contributed by atoms with Crippen LogP contribution in [-0.2, 0) is 19.1 Å². The maximum Gasteiger partial charge on any atom is 0.358 e. The summed E-state index contributed by atoms with van der Waals surface area (Å²) in [6, 6.07) is 9.17. The van der Waals surface area contributed by atoms with E-state index in [0.717, 1.165) is 5.56 Å². The molecule has 1 fully saturated rings. The molecule has 7 heteroatoms. The lowest BCUT2D eigenvalue weighted by Crippen LogP contribution is -2.58. The number of esters is 1. The molecule has 0 bridgehead atoms. The summed E-state index contributed by atoms with van der Waals surface area (Å²) in [5.74, 6) is -0.685. The van der Waals surface area contributed by atoms with Crippen LogP contribution >= 0.6 is 27.7 Å². The van der Waals surface area contributed by atoms with Crippen molar-refractivity contribution in [1.29, 1.82) is 0 Å². The van der Waals surface area contributed by atoms with Gasteiger partial charge in [-0.25, -0.2) is 4.79 Å². The number of hydrogen-bond donors (Lipinski definition) is 0. The Morgan fingerprint density at radius 3 is 2.76 bits per heavy atom. The summed E-state index contributed by atoms with van der Waals surface area (Å²) in [6.07, 6.45) is -0.792. The van der Waals surface area contributed by atoms with Gasteiger partial charge in [-0.3, -0.25) is 9.69 Å². The van der Waals surface area contributed by atoms with Crippen LogP contribution in [0.15, 0.2) is 41.4 Å². The minimum atomic E-state index is -0.792. The van der Waals surface area contributed by atoms with Gasteiger partial charge in [0.15, 0.2) is 0 Å². The number of amides is 1. The van der Waals surface area contributed by atoms with Crippen molar-refractivity contribution >= 4 is 39.6 Å². The number of rotatable bonds is 4. The minimum Gasteiger partial charge on any atom is -0.427 e. The van der Waals surface area contributed by atoms with Crippen LogP contribution in [0.4, 0.5) is 0 Å². The third-order valence-electron chi connectivity index (χ3n) is 3.27. The SMILES string of the molecule is COC(OC(=O)C1=CS[C@@H]2[C@H](Br)C(=O)N12)c1ccccc1. The Morgan fingerprint density at radius 1 is 1.38 bits per heavy atom. The molecule has 0 aromatic heterocycles. The van der Waals surface area contributed by atoms with Gasteiger partial charge in [-0.05, 0) is 0 Å². The summed E-state index contributed by atoms with van der Waals surface area (Å²) < 4.78 is 10.6. The van der Waals surface area contributed by atoms with Crippen LogP contribution in [0.3, 0.4) is 0 Å². The van der Waals surface area contributed by atoms with Gasteiger partial charge >= 0.3 is 5.97 Å². The number of methoxy groups -OCH3 is 1. The Morgan fingerprint density at radius 2 is 2.10 bits per heavy atom. The van der Waals surface area contributed by atoms with Crippen LogP contribution in [0, 0.1) is 0 Å². The fourth-order valence-corrected chi connectivity index (χ4v) is 4.07. The molecule has 1 amide bonds. The number of β-lactam (4-membered cyclic amide) rings is 1. The normalized spacial score (nSPS) is 25.0. The molecule has 0 saturated carbocycles. The highest BCUT2D eigenvalue weighted by molar-refractivity contribution is 9.10. The van der Waals surface area contributed by atoms with E-state index >= 15 is 0 Å². The lowest BCUT2D eigenvalue weighted by atomic mass is 10.2. The summed E-state index contributed by atoms with van der Waals surface area (Å²) in [6.45, 7) is 0. The van der Waals surface area contributed by atoms with Gasteiger partial charge in [0.25, 0.3) is 0 Å². The fraction of sp³-hybridized carbons (Fsp3) is 0.286. The summed E-state index contributed by atoms with van der Waals surface area (Å²) in [4.78, 5) is 25.2. The molecular weight excluding hydrogens is 358 g/mol. The van der Waals surface area contributed by atoms with Gasteiger partial charge in [0.1, 0.15) is 15.9 Å². The van der Waals surface area contributed by atoms with E-state index in [9.17, 15) is 9.59 Å². The molecule has 1 unspecified atom stereocenters. The van der Waals surface area contributed by atoms with E-state index in [1.807, 2.05) is 30.3 Å². The Labute approximate surface area is 134 Å². The summed E-state index contributed by atoms with van der Waals surface area (Å²) in [7, 11) is 1.47. The van der Waals surface area contributed by atoms with Crippen LogP contribution in [0.5, 0.6) is 0 Å². The molecule has 21 heavy (non-hydrogen) atoms. The summed E-state index contributed by atoms with van der Waals surface area (Å²) in [5, 5.41) is 1.60. The fourth-order valence-electron chi connectivity index (χ4n) is 2.17. The molecular formula is C14H12BrNO4S. The van der Waals surface area contributed by atoms with Crippen molar-refractivity contribution in [1.82, 2.24) is 4.90 Å². The molecule has 0 spiro atoms. The third kappa shape index (κ3) is 2.49. The van der Waals surface area contributed by atoms with E-state index < -0.39 is 12.3 Å². The standard InChI is InChI=1S/C14H12BrNO4S/c1-19-14(8-5-3-2-4-6-8)20-13(18)9-7-21-12-10(15)11(17)16(9)12/h2-7,10,12,14H,1H3/t10-,12-,14?/m1/s1. The van der Waals surface area contributed by atoms with E-state index in [-0.39, 0.29) is 21.8 Å². The molecule has 0 radical (unpaired) electrons. The molecule has 1 aromatic rings. The quantitative estimate of drug-likeness (QED) is 0.353. The monoisotopic (exact) mass is 369 g/mol. The first-order valence-electron chi connectivity index (χ1n) is 6.25. The van der Waals surface area contributed by atoms with Crippen molar-refractivity contribution in [2.24, 2.45) is 0 Å². The van der Waals surface area contributed by atoms with Gasteiger partial charge in [-0.1, -0.05) is 46.3 Å². The lowest BCUT2D eigenvalue weighted by molar-refractivity contribution is -0.174. The predicted molar refractivity (Wildman–Crippen MR) is 81.3 cm³/mol. The molecule has 110 valence electrons. The average molecular weight is 370 g/mol. The molecule has 3 atom stereocenters. The van der Waals surface area contributed by atoms with E-state index in [4.69, 9.17) is 9.47 Å². The van der Waals surface area contributed by atoms with Crippen LogP contribution in [0.2, 0.25) is 0 Å². The van der Waals surface area contributed by atoms with Crippen LogP contribution in [0.25, 0.3) is 0 Å². The number of carbonyl (C=O) groups is 2. The molecule has 0 aliphatic carbocycles. The van der Waals surface area contributed by atoms with Gasteiger partial charge in [-0.2, -0.15) is 0 Å². The Kier molecular flexibility index (Phi) is 4.05. The number of alkyl halides is 1. The van der Waals surface area contributed by atoms with Crippen molar-refractivity contribution in [3.63, 3.8) is 0 Å². The zero-order valence-electron chi connectivity index (χ0n) is 11.1. The number of benzene rings is 1. The number of hydrogen-bond acceptors (Lipinski definition) is 5. The van der Waals surface area contributed by atoms with Crippen molar-refractivity contribution < 1.29 is 19.1 Å². The first-order chi connectivity index (χ1) is 10.1. The minimum absolute atomic E-state index is 0.0576. The number of thioether (sulfide) groups is 1. The second-order valence-electron chi connectivity index (χ2n) is 4.52. The molecule has 2 aliphatic rings. The van der Waals surface area contributed by atoms with Gasteiger partial charge < -0.3 is 9.47 Å². The zero-order valence-corrected chi connectivity index (χ0v) is 13.5. The lowest BCUT2D eigenvalue weighted by Gasteiger charge is -2.39. The van der Waals surface area contributed by atoms with Gasteiger partial charge in [0.05, 0.1) is 0 Å². The predicted octanol–water partition coefficient (Wildman–Crippen LogP) is 2.39. The molecule has 1 aromatic carbocycles. The molecule has 0 N–H and O–H groups in total. The van der Waals surface area contributed by atoms with Gasteiger partial charge in [0, 0.05) is 18.1 Å².